The molecule has 0 aliphatic carbocycles. The summed E-state index contributed by atoms with van der Waals surface area (Å²) >= 11 is 1.79. The molecular formula is C12H17N3S. The molecule has 0 spiro atoms. The highest BCUT2D eigenvalue weighted by molar-refractivity contribution is 8.14. The maximum Gasteiger partial charge on any atom is 0.161 e. The van der Waals surface area contributed by atoms with Gasteiger partial charge in [-0.25, -0.2) is 0 Å². The first-order valence-electron chi connectivity index (χ1n) is 5.56. The van der Waals surface area contributed by atoms with Crippen molar-refractivity contribution in [2.75, 3.05) is 11.1 Å². The molecule has 1 aromatic heterocycles. The van der Waals surface area contributed by atoms with E-state index in [0.29, 0.717) is 12.0 Å². The third kappa shape index (κ3) is 2.55. The van der Waals surface area contributed by atoms with Gasteiger partial charge in [0.25, 0.3) is 0 Å². The number of amidine groups is 1. The maximum absolute atomic E-state index is 4.66. The van der Waals surface area contributed by atoms with Gasteiger partial charge >= 0.3 is 0 Å². The van der Waals surface area contributed by atoms with Crippen molar-refractivity contribution in [2.24, 2.45) is 10.9 Å². The number of anilines is 1. The topological polar surface area (TPSA) is 37.3 Å². The first-order valence-corrected chi connectivity index (χ1v) is 6.54. The van der Waals surface area contributed by atoms with Crippen molar-refractivity contribution in [3.8, 4) is 0 Å². The summed E-state index contributed by atoms with van der Waals surface area (Å²) in [5.74, 6) is 1.70. The zero-order valence-electron chi connectivity index (χ0n) is 9.90. The summed E-state index contributed by atoms with van der Waals surface area (Å²) in [4.78, 5) is 8.91. The minimum atomic E-state index is 0.449. The molecule has 1 aliphatic rings. The fourth-order valence-corrected chi connectivity index (χ4v) is 2.71. The molecule has 0 saturated heterocycles. The van der Waals surface area contributed by atoms with Gasteiger partial charge in [0, 0.05) is 11.9 Å². The van der Waals surface area contributed by atoms with Crippen LogP contribution in [0, 0.1) is 12.8 Å². The van der Waals surface area contributed by atoms with Gasteiger partial charge in [-0.1, -0.05) is 25.6 Å². The van der Waals surface area contributed by atoms with Crippen LogP contribution in [0.25, 0.3) is 0 Å². The van der Waals surface area contributed by atoms with Crippen molar-refractivity contribution in [3.05, 3.63) is 24.0 Å². The molecule has 0 aromatic carbocycles. The number of hydrogen-bond acceptors (Lipinski definition) is 4. The van der Waals surface area contributed by atoms with Gasteiger partial charge in [0.15, 0.2) is 5.17 Å². The molecule has 2 heterocycles. The third-order valence-corrected chi connectivity index (χ3v) is 3.68. The van der Waals surface area contributed by atoms with Crippen molar-refractivity contribution in [1.82, 2.24) is 4.98 Å². The van der Waals surface area contributed by atoms with Gasteiger partial charge in [0.05, 0.1) is 17.4 Å². The van der Waals surface area contributed by atoms with E-state index in [0.717, 1.165) is 22.3 Å². The molecule has 0 radical (unpaired) electrons. The number of nitrogens with zero attached hydrogens (tertiary/aromatic N) is 2. The van der Waals surface area contributed by atoms with Crippen molar-refractivity contribution < 1.29 is 0 Å². The smallest absolute Gasteiger partial charge is 0.161 e. The van der Waals surface area contributed by atoms with E-state index in [1.807, 2.05) is 19.1 Å². The Bertz CT molecular complexity index is 401. The van der Waals surface area contributed by atoms with Gasteiger partial charge in [-0.05, 0) is 25.0 Å². The van der Waals surface area contributed by atoms with Crippen LogP contribution < -0.4 is 5.32 Å². The molecular weight excluding hydrogens is 218 g/mol. The van der Waals surface area contributed by atoms with E-state index in [4.69, 9.17) is 0 Å². The largest absolute Gasteiger partial charge is 0.333 e. The van der Waals surface area contributed by atoms with E-state index in [1.54, 1.807) is 18.0 Å². The van der Waals surface area contributed by atoms with Crippen LogP contribution in [0.15, 0.2) is 23.3 Å². The number of nitrogens with one attached hydrogen (secondary N) is 1. The number of rotatable bonds is 2. The van der Waals surface area contributed by atoms with Crippen molar-refractivity contribution in [1.29, 1.82) is 0 Å². The van der Waals surface area contributed by atoms with Crippen LogP contribution in [0.2, 0.25) is 0 Å². The number of pyridine rings is 1. The minimum Gasteiger partial charge on any atom is -0.333 e. The summed E-state index contributed by atoms with van der Waals surface area (Å²) in [6, 6.07) is 4.42. The summed E-state index contributed by atoms with van der Waals surface area (Å²) in [6.45, 7) is 6.43. The van der Waals surface area contributed by atoms with Gasteiger partial charge in [0.1, 0.15) is 0 Å². The lowest BCUT2D eigenvalue weighted by Crippen LogP contribution is -2.12. The lowest BCUT2D eigenvalue weighted by molar-refractivity contribution is 0.543. The van der Waals surface area contributed by atoms with E-state index in [9.17, 15) is 0 Å². The number of aliphatic imine (C=N–C) groups is 1. The average molecular weight is 235 g/mol. The van der Waals surface area contributed by atoms with Crippen LogP contribution in [0.5, 0.6) is 0 Å². The first-order chi connectivity index (χ1) is 7.66. The molecule has 1 atom stereocenters. The van der Waals surface area contributed by atoms with Crippen molar-refractivity contribution in [3.63, 3.8) is 0 Å². The molecule has 0 fully saturated rings. The van der Waals surface area contributed by atoms with Gasteiger partial charge in [-0.3, -0.25) is 9.98 Å². The Balaban J connectivity index is 2.07. The fraction of sp³-hybridized carbons (Fsp3) is 0.500. The summed E-state index contributed by atoms with van der Waals surface area (Å²) in [7, 11) is 0. The van der Waals surface area contributed by atoms with E-state index in [-0.39, 0.29) is 0 Å². The second-order valence-electron chi connectivity index (χ2n) is 4.32. The lowest BCUT2D eigenvalue weighted by atomic mass is 10.1. The van der Waals surface area contributed by atoms with Gasteiger partial charge in [-0.15, -0.1) is 0 Å². The Labute approximate surface area is 101 Å². The SMILES string of the molecule is Cc1ncccc1NC1=N[C@@H](C(C)C)CS1. The highest BCUT2D eigenvalue weighted by Crippen LogP contribution is 2.24. The monoisotopic (exact) mass is 235 g/mol. The van der Waals surface area contributed by atoms with Crippen LogP contribution in [0.3, 0.4) is 0 Å². The third-order valence-electron chi connectivity index (χ3n) is 2.69. The van der Waals surface area contributed by atoms with Crippen LogP contribution in [0.4, 0.5) is 5.69 Å². The Morgan fingerprint density at radius 3 is 2.94 bits per heavy atom. The molecule has 16 heavy (non-hydrogen) atoms. The normalized spacial score (nSPS) is 20.0. The van der Waals surface area contributed by atoms with E-state index in [2.05, 4.69) is 29.1 Å². The zero-order chi connectivity index (χ0) is 11.5. The zero-order valence-corrected chi connectivity index (χ0v) is 10.7. The molecule has 0 bridgehead atoms. The highest BCUT2D eigenvalue weighted by atomic mass is 32.2. The first kappa shape index (κ1) is 11.5. The quantitative estimate of drug-likeness (QED) is 0.856. The van der Waals surface area contributed by atoms with E-state index in [1.165, 1.54) is 0 Å². The Hall–Kier alpha value is -1.03. The average Bonchev–Trinajstić information content (AvgIpc) is 2.70. The molecule has 1 N–H and O–H groups in total. The number of aryl methyl sites for hydroxylation is 1. The molecule has 2 rings (SSSR count). The summed E-state index contributed by atoms with van der Waals surface area (Å²) < 4.78 is 0. The van der Waals surface area contributed by atoms with Crippen LogP contribution >= 0.6 is 11.8 Å². The summed E-state index contributed by atoms with van der Waals surface area (Å²) in [5, 5.41) is 4.37. The van der Waals surface area contributed by atoms with Gasteiger partial charge < -0.3 is 5.32 Å². The van der Waals surface area contributed by atoms with E-state index >= 15 is 0 Å². The molecule has 86 valence electrons. The maximum atomic E-state index is 4.66. The minimum absolute atomic E-state index is 0.449. The second kappa shape index (κ2) is 4.87. The molecule has 0 amide bonds. The van der Waals surface area contributed by atoms with Gasteiger partial charge in [-0.2, -0.15) is 0 Å². The van der Waals surface area contributed by atoms with Crippen LogP contribution in [0.1, 0.15) is 19.5 Å². The Morgan fingerprint density at radius 2 is 2.31 bits per heavy atom. The summed E-state index contributed by atoms with van der Waals surface area (Å²) in [6.07, 6.45) is 1.81. The molecule has 0 unspecified atom stereocenters. The highest BCUT2D eigenvalue weighted by Gasteiger charge is 2.21. The van der Waals surface area contributed by atoms with Gasteiger partial charge in [0.2, 0.25) is 0 Å². The van der Waals surface area contributed by atoms with E-state index < -0.39 is 0 Å². The Morgan fingerprint density at radius 1 is 1.50 bits per heavy atom. The molecule has 1 aliphatic heterocycles. The Kier molecular flexibility index (Phi) is 3.49. The molecule has 1 aromatic rings. The predicted octanol–water partition coefficient (Wildman–Crippen LogP) is 2.93. The van der Waals surface area contributed by atoms with Crippen LogP contribution in [-0.4, -0.2) is 21.9 Å². The fourth-order valence-electron chi connectivity index (χ4n) is 1.53. The second-order valence-corrected chi connectivity index (χ2v) is 5.33. The van der Waals surface area contributed by atoms with Crippen molar-refractivity contribution in [2.45, 2.75) is 26.8 Å². The standard InChI is InChI=1S/C12H17N3S/c1-8(2)11-7-16-12(15-11)14-10-5-4-6-13-9(10)3/h4-6,8,11H,7H2,1-3H3,(H,14,15)/t11-/m1/s1. The lowest BCUT2D eigenvalue weighted by Gasteiger charge is -2.08. The predicted molar refractivity (Wildman–Crippen MR) is 71.1 cm³/mol. The molecule has 4 heteroatoms. The number of hydrogen-bond donors (Lipinski definition) is 1. The summed E-state index contributed by atoms with van der Waals surface area (Å²) in [5.41, 5.74) is 2.07. The number of thioether (sulfide) groups is 1. The van der Waals surface area contributed by atoms with Crippen LogP contribution in [-0.2, 0) is 0 Å². The molecule has 0 saturated carbocycles. The number of aromatic nitrogens is 1. The van der Waals surface area contributed by atoms with Crippen molar-refractivity contribution >= 4 is 22.6 Å². The molecule has 3 nitrogen and oxygen atoms in total.